The van der Waals surface area contributed by atoms with Gasteiger partial charge in [-0.2, -0.15) is 5.10 Å². The van der Waals surface area contributed by atoms with E-state index in [1.165, 1.54) is 11.1 Å². The van der Waals surface area contributed by atoms with Crippen molar-refractivity contribution in [1.29, 1.82) is 0 Å². The summed E-state index contributed by atoms with van der Waals surface area (Å²) in [6.45, 7) is 7.03. The second-order valence-electron chi connectivity index (χ2n) is 6.63. The van der Waals surface area contributed by atoms with Gasteiger partial charge in [0.05, 0.1) is 18.9 Å². The van der Waals surface area contributed by atoms with Crippen molar-refractivity contribution in [2.24, 2.45) is 7.05 Å². The lowest BCUT2D eigenvalue weighted by Crippen LogP contribution is -2.36. The van der Waals surface area contributed by atoms with Crippen molar-refractivity contribution in [3.63, 3.8) is 0 Å². The van der Waals surface area contributed by atoms with Crippen molar-refractivity contribution in [2.45, 2.75) is 20.0 Å². The highest BCUT2D eigenvalue weighted by Gasteiger charge is 2.15. The van der Waals surface area contributed by atoms with E-state index >= 15 is 0 Å². The van der Waals surface area contributed by atoms with Crippen molar-refractivity contribution in [2.75, 3.05) is 50.2 Å². The molecule has 1 saturated heterocycles. The molecule has 3 heterocycles. The fraction of sp³-hybridized carbons (Fsp3) is 0.556. The Bertz CT molecular complexity index is 706. The van der Waals surface area contributed by atoms with Crippen molar-refractivity contribution in [3.05, 3.63) is 35.2 Å². The number of pyridine rings is 1. The van der Waals surface area contributed by atoms with Crippen LogP contribution in [0, 0.1) is 6.92 Å². The van der Waals surface area contributed by atoms with Crippen molar-refractivity contribution >= 4 is 11.6 Å². The van der Waals surface area contributed by atoms with E-state index in [1.54, 1.807) is 0 Å². The molecule has 1 aliphatic heterocycles. The van der Waals surface area contributed by atoms with Gasteiger partial charge in [-0.05, 0) is 24.6 Å². The van der Waals surface area contributed by atoms with Crippen LogP contribution in [-0.4, -0.2) is 55.2 Å². The van der Waals surface area contributed by atoms with Crippen LogP contribution in [0.4, 0.5) is 11.6 Å². The molecule has 0 aromatic carbocycles. The number of hydrogen-bond acceptors (Lipinski definition) is 6. The first kappa shape index (κ1) is 17.7. The van der Waals surface area contributed by atoms with E-state index in [-0.39, 0.29) is 0 Å². The van der Waals surface area contributed by atoms with Gasteiger partial charge in [0.25, 0.3) is 0 Å². The molecular weight excluding hydrogens is 316 g/mol. The first-order valence-electron chi connectivity index (χ1n) is 8.74. The zero-order valence-corrected chi connectivity index (χ0v) is 15.6. The van der Waals surface area contributed by atoms with E-state index in [0.29, 0.717) is 0 Å². The summed E-state index contributed by atoms with van der Waals surface area (Å²) in [5.41, 5.74) is 3.56. The maximum atomic E-state index is 5.42. The number of aryl methyl sites for hydroxylation is 2. The van der Waals surface area contributed by atoms with E-state index in [4.69, 9.17) is 4.74 Å². The van der Waals surface area contributed by atoms with Gasteiger partial charge >= 0.3 is 0 Å². The Kier molecular flexibility index (Phi) is 5.55. The number of rotatable bonds is 6. The average Bonchev–Trinajstić information content (AvgIpc) is 2.90. The zero-order chi connectivity index (χ0) is 17.8. The van der Waals surface area contributed by atoms with Crippen LogP contribution in [0.3, 0.4) is 0 Å². The summed E-state index contributed by atoms with van der Waals surface area (Å²) in [7, 11) is 6.10. The Balaban J connectivity index is 1.63. The van der Waals surface area contributed by atoms with Gasteiger partial charge in [0.1, 0.15) is 11.6 Å². The van der Waals surface area contributed by atoms with Crippen LogP contribution >= 0.6 is 0 Å². The fourth-order valence-electron chi connectivity index (χ4n) is 3.32. The minimum Gasteiger partial charge on any atom is -0.378 e. The summed E-state index contributed by atoms with van der Waals surface area (Å²) < 4.78 is 7.36. The maximum absolute atomic E-state index is 5.42. The predicted molar refractivity (Wildman–Crippen MR) is 100 cm³/mol. The highest BCUT2D eigenvalue weighted by atomic mass is 16.5. The highest BCUT2D eigenvalue weighted by molar-refractivity contribution is 5.49. The van der Waals surface area contributed by atoms with Gasteiger partial charge in [-0.1, -0.05) is 0 Å². The molecule has 0 bridgehead atoms. The second-order valence-corrected chi connectivity index (χ2v) is 6.63. The molecule has 1 fully saturated rings. The van der Waals surface area contributed by atoms with Gasteiger partial charge in [-0.25, -0.2) is 4.98 Å². The highest BCUT2D eigenvalue weighted by Crippen LogP contribution is 2.21. The molecule has 7 heteroatoms. The van der Waals surface area contributed by atoms with E-state index < -0.39 is 0 Å². The topological polar surface area (TPSA) is 58.5 Å². The number of aromatic nitrogens is 3. The van der Waals surface area contributed by atoms with Gasteiger partial charge in [0.2, 0.25) is 0 Å². The molecule has 0 atom stereocenters. The number of anilines is 2. The Morgan fingerprint density at radius 3 is 2.72 bits per heavy atom. The average molecular weight is 344 g/mol. The quantitative estimate of drug-likeness (QED) is 0.853. The molecule has 1 aliphatic rings. The molecule has 0 aliphatic carbocycles. The van der Waals surface area contributed by atoms with Gasteiger partial charge in [0.15, 0.2) is 0 Å². The molecule has 0 saturated carbocycles. The number of nitrogens with zero attached hydrogens (tertiary/aromatic N) is 5. The second kappa shape index (κ2) is 7.84. The predicted octanol–water partition coefficient (Wildman–Crippen LogP) is 1.32. The summed E-state index contributed by atoms with van der Waals surface area (Å²) >= 11 is 0. The molecule has 2 aromatic heterocycles. The van der Waals surface area contributed by atoms with E-state index in [2.05, 4.69) is 58.4 Å². The van der Waals surface area contributed by atoms with Gasteiger partial charge < -0.3 is 19.9 Å². The minimum atomic E-state index is 0.776. The van der Waals surface area contributed by atoms with Crippen LogP contribution in [0.1, 0.15) is 16.8 Å². The Morgan fingerprint density at radius 2 is 2.00 bits per heavy atom. The molecule has 0 spiro atoms. The Morgan fingerprint density at radius 1 is 1.24 bits per heavy atom. The first-order valence-corrected chi connectivity index (χ1v) is 8.74. The molecular formula is C18H28N6O. The largest absolute Gasteiger partial charge is 0.378 e. The molecule has 2 aromatic rings. The summed E-state index contributed by atoms with van der Waals surface area (Å²) in [4.78, 5) is 8.90. The van der Waals surface area contributed by atoms with E-state index in [9.17, 15) is 0 Å². The van der Waals surface area contributed by atoms with Crippen molar-refractivity contribution < 1.29 is 4.74 Å². The van der Waals surface area contributed by atoms with Crippen LogP contribution in [0.15, 0.2) is 18.3 Å². The Hall–Kier alpha value is -2.12. The number of hydrogen-bond donors (Lipinski definition) is 1. The van der Waals surface area contributed by atoms with E-state index in [0.717, 1.165) is 56.7 Å². The van der Waals surface area contributed by atoms with Gasteiger partial charge in [0, 0.05) is 59.1 Å². The molecule has 7 nitrogen and oxygen atoms in total. The number of morpholine rings is 1. The standard InChI is InChI=1S/C18H28N6O/c1-14-16(18(22(2)3)23(4)21-14)13-19-12-15-5-6-20-17(11-15)24-7-9-25-10-8-24/h5-6,11,19H,7-10,12-13H2,1-4H3. The normalized spacial score (nSPS) is 14.8. The monoisotopic (exact) mass is 344 g/mol. The third kappa shape index (κ3) is 4.11. The molecule has 0 amide bonds. The Labute approximate surface area is 149 Å². The van der Waals surface area contributed by atoms with Gasteiger partial charge in [-0.3, -0.25) is 4.68 Å². The smallest absolute Gasteiger partial charge is 0.130 e. The molecule has 136 valence electrons. The summed E-state index contributed by atoms with van der Waals surface area (Å²) in [5, 5.41) is 8.09. The fourth-order valence-corrected chi connectivity index (χ4v) is 3.32. The lowest BCUT2D eigenvalue weighted by molar-refractivity contribution is 0.122. The van der Waals surface area contributed by atoms with E-state index in [1.807, 2.05) is 17.9 Å². The third-order valence-electron chi connectivity index (χ3n) is 4.51. The minimum absolute atomic E-state index is 0.776. The molecule has 1 N–H and O–H groups in total. The third-order valence-corrected chi connectivity index (χ3v) is 4.51. The van der Waals surface area contributed by atoms with Crippen LogP contribution < -0.4 is 15.1 Å². The number of ether oxygens (including phenoxy) is 1. The SMILES string of the molecule is Cc1nn(C)c(N(C)C)c1CNCc1ccnc(N2CCOCC2)c1. The molecule has 0 unspecified atom stereocenters. The van der Waals surface area contributed by atoms with Crippen LogP contribution in [0.5, 0.6) is 0 Å². The first-order chi connectivity index (χ1) is 12.1. The lowest BCUT2D eigenvalue weighted by Gasteiger charge is -2.28. The zero-order valence-electron chi connectivity index (χ0n) is 15.6. The van der Waals surface area contributed by atoms with Crippen molar-refractivity contribution in [1.82, 2.24) is 20.1 Å². The summed E-state index contributed by atoms with van der Waals surface area (Å²) in [6, 6.07) is 4.24. The lowest BCUT2D eigenvalue weighted by atomic mass is 10.2. The van der Waals surface area contributed by atoms with Crippen LogP contribution in [0.2, 0.25) is 0 Å². The molecule has 25 heavy (non-hydrogen) atoms. The van der Waals surface area contributed by atoms with Crippen molar-refractivity contribution in [3.8, 4) is 0 Å². The molecule has 0 radical (unpaired) electrons. The number of nitrogens with one attached hydrogen (secondary N) is 1. The van der Waals surface area contributed by atoms with Crippen LogP contribution in [0.25, 0.3) is 0 Å². The summed E-state index contributed by atoms with van der Waals surface area (Å²) in [5.74, 6) is 2.18. The maximum Gasteiger partial charge on any atom is 0.130 e. The summed E-state index contributed by atoms with van der Waals surface area (Å²) in [6.07, 6.45) is 1.89. The van der Waals surface area contributed by atoms with Crippen LogP contribution in [-0.2, 0) is 24.9 Å². The van der Waals surface area contributed by atoms with Gasteiger partial charge in [-0.15, -0.1) is 0 Å². The molecule has 3 rings (SSSR count).